The summed E-state index contributed by atoms with van der Waals surface area (Å²) >= 11 is 0. The maximum absolute atomic E-state index is 10.6. The quantitative estimate of drug-likeness (QED) is 0.407. The highest BCUT2D eigenvalue weighted by atomic mass is 19.4. The lowest BCUT2D eigenvalue weighted by Crippen LogP contribution is -2.51. The van der Waals surface area contributed by atoms with Gasteiger partial charge < -0.3 is 24.8 Å². The second kappa shape index (κ2) is 16.6. The maximum atomic E-state index is 10.6. The Morgan fingerprint density at radius 2 is 1.27 bits per heavy atom. The predicted molar refractivity (Wildman–Crippen MR) is 127 cm³/mol. The molecule has 2 fully saturated rings. The monoisotopic (exact) mass is 653 g/mol. The van der Waals surface area contributed by atoms with Crippen LogP contribution in [0, 0.1) is 0 Å². The van der Waals surface area contributed by atoms with E-state index in [2.05, 4.69) is 20.9 Å². The first-order valence-corrected chi connectivity index (χ1v) is 12.0. The van der Waals surface area contributed by atoms with Crippen molar-refractivity contribution < 1.29 is 78.7 Å². The first-order chi connectivity index (χ1) is 20.2. The van der Waals surface area contributed by atoms with Crippen molar-refractivity contribution in [2.45, 2.75) is 56.2 Å². The van der Waals surface area contributed by atoms with Crippen molar-refractivity contribution in [3.05, 3.63) is 54.5 Å². The third-order valence-electron chi connectivity index (χ3n) is 5.38. The number of carboxylic acids is 3. The van der Waals surface area contributed by atoms with Gasteiger partial charge in [0.1, 0.15) is 12.2 Å². The average molecular weight is 653 g/mol. The van der Waals surface area contributed by atoms with Gasteiger partial charge in [0.05, 0.1) is 12.3 Å². The number of hydrogen-bond acceptors (Lipinski definition) is 8. The summed E-state index contributed by atoms with van der Waals surface area (Å²) in [6.45, 7) is 2.58. The minimum Gasteiger partial charge on any atom is -0.475 e. The molecule has 2 aromatic heterocycles. The second-order valence-electron chi connectivity index (χ2n) is 8.50. The van der Waals surface area contributed by atoms with Crippen molar-refractivity contribution in [2.24, 2.45) is 0 Å². The highest BCUT2D eigenvalue weighted by Gasteiger charge is 2.44. The van der Waals surface area contributed by atoms with Crippen molar-refractivity contribution in [3.8, 4) is 5.88 Å². The molecular weight excluding hydrogens is 629 g/mol. The van der Waals surface area contributed by atoms with Crippen LogP contribution in [0.5, 0.6) is 5.88 Å². The van der Waals surface area contributed by atoms with Gasteiger partial charge >= 0.3 is 36.4 Å². The number of ether oxygens (including phenoxy) is 2. The molecule has 0 aromatic carbocycles. The number of hydrogen-bond donors (Lipinski definition) is 3. The number of aliphatic carboxylic acids is 3. The number of nitrogens with zero attached hydrogens (tertiary/aromatic N) is 3. The van der Waals surface area contributed by atoms with Gasteiger partial charge in [-0.15, -0.1) is 0 Å². The van der Waals surface area contributed by atoms with Crippen LogP contribution in [-0.2, 0) is 25.7 Å². The summed E-state index contributed by atoms with van der Waals surface area (Å²) < 4.78 is 107. The molecule has 0 radical (unpaired) electrons. The minimum absolute atomic E-state index is 0.0847. The Balaban J connectivity index is 0.000000379. The summed E-state index contributed by atoms with van der Waals surface area (Å²) in [4.78, 5) is 37.9. The Kier molecular flexibility index (Phi) is 14.3. The highest BCUT2D eigenvalue weighted by Crippen LogP contribution is 2.33. The fourth-order valence-electron chi connectivity index (χ4n) is 3.59. The molecule has 1 saturated carbocycles. The zero-order valence-corrected chi connectivity index (χ0v) is 22.0. The van der Waals surface area contributed by atoms with E-state index < -0.39 is 36.4 Å². The van der Waals surface area contributed by atoms with Crippen molar-refractivity contribution >= 4 is 17.9 Å². The fraction of sp³-hybridized carbons (Fsp3) is 0.458. The summed E-state index contributed by atoms with van der Waals surface area (Å²) in [7, 11) is 0. The standard InChI is InChI=1S/C18H21N3O2.3C2HF3O2/c1-3-9-19-14(5-1)13-21-11-12-22-18-15(21)7-8-16(18)23-17-6-2-4-10-20-17;3*3-2(4,5)1(6)7/h1-6,9-10,15-16,18H,7-8,11-13H2;3*(H,6,7)/t15-,16+,18+;;;/m0.../s1. The van der Waals surface area contributed by atoms with Crippen LogP contribution in [0.1, 0.15) is 18.5 Å². The number of morpholine rings is 1. The molecule has 3 heterocycles. The van der Waals surface area contributed by atoms with Gasteiger partial charge in [-0.3, -0.25) is 9.88 Å². The molecule has 246 valence electrons. The van der Waals surface area contributed by atoms with E-state index in [9.17, 15) is 39.5 Å². The summed E-state index contributed by atoms with van der Waals surface area (Å²) in [5, 5.41) is 21.4. The molecule has 0 bridgehead atoms. The number of carbonyl (C=O) groups is 3. The van der Waals surface area contributed by atoms with E-state index in [1.165, 1.54) is 0 Å². The van der Waals surface area contributed by atoms with Crippen LogP contribution >= 0.6 is 0 Å². The maximum Gasteiger partial charge on any atom is 0.490 e. The number of aromatic nitrogens is 2. The Morgan fingerprint density at radius 3 is 1.68 bits per heavy atom. The van der Waals surface area contributed by atoms with Crippen molar-refractivity contribution in [1.29, 1.82) is 0 Å². The summed E-state index contributed by atoms with van der Waals surface area (Å²) in [6.07, 6.45) is -9.33. The third kappa shape index (κ3) is 13.8. The zero-order valence-electron chi connectivity index (χ0n) is 22.0. The van der Waals surface area contributed by atoms with Gasteiger partial charge in [-0.1, -0.05) is 12.1 Å². The molecule has 2 aliphatic rings. The molecule has 1 saturated heterocycles. The first-order valence-electron chi connectivity index (χ1n) is 12.0. The molecule has 11 nitrogen and oxygen atoms in total. The van der Waals surface area contributed by atoms with Gasteiger partial charge in [-0.25, -0.2) is 19.4 Å². The number of pyridine rings is 2. The Hall–Kier alpha value is -4.20. The topological polar surface area (TPSA) is 159 Å². The van der Waals surface area contributed by atoms with Gasteiger partial charge in [-0.2, -0.15) is 39.5 Å². The summed E-state index contributed by atoms with van der Waals surface area (Å²) in [5.41, 5.74) is 1.11. The fourth-order valence-corrected chi connectivity index (χ4v) is 3.59. The predicted octanol–water partition coefficient (Wildman–Crippen LogP) is 4.19. The molecule has 2 aromatic rings. The lowest BCUT2D eigenvalue weighted by Gasteiger charge is -2.38. The van der Waals surface area contributed by atoms with E-state index in [-0.39, 0.29) is 12.2 Å². The van der Waals surface area contributed by atoms with Gasteiger partial charge in [0.2, 0.25) is 5.88 Å². The molecule has 1 aliphatic carbocycles. The first kappa shape index (κ1) is 37.8. The van der Waals surface area contributed by atoms with Crippen molar-refractivity contribution in [3.63, 3.8) is 0 Å². The molecule has 4 rings (SSSR count). The van der Waals surface area contributed by atoms with Crippen LogP contribution in [0.15, 0.2) is 48.8 Å². The zero-order chi connectivity index (χ0) is 33.7. The SMILES string of the molecule is O=C(O)C(F)(F)F.O=C(O)C(F)(F)F.O=C(O)C(F)(F)F.c1ccc(CN2CCO[C@H]3[C@H](Oc4ccccn4)CC[C@@H]32)nc1. The lowest BCUT2D eigenvalue weighted by molar-refractivity contribution is -0.193. The van der Waals surface area contributed by atoms with Crippen molar-refractivity contribution in [2.75, 3.05) is 13.2 Å². The van der Waals surface area contributed by atoms with Crippen LogP contribution < -0.4 is 4.74 Å². The Morgan fingerprint density at radius 1 is 0.795 bits per heavy atom. The summed E-state index contributed by atoms with van der Waals surface area (Å²) in [5.74, 6) is -7.59. The van der Waals surface area contributed by atoms with Crippen LogP contribution in [0.25, 0.3) is 0 Å². The van der Waals surface area contributed by atoms with Crippen LogP contribution in [0.3, 0.4) is 0 Å². The van der Waals surface area contributed by atoms with E-state index in [1.54, 1.807) is 6.20 Å². The largest absolute Gasteiger partial charge is 0.490 e. The lowest BCUT2D eigenvalue weighted by atomic mass is 10.1. The second-order valence-corrected chi connectivity index (χ2v) is 8.50. The smallest absolute Gasteiger partial charge is 0.475 e. The van der Waals surface area contributed by atoms with Gasteiger partial charge in [0, 0.05) is 37.6 Å². The van der Waals surface area contributed by atoms with Crippen LogP contribution in [-0.4, -0.2) is 98.0 Å². The molecule has 20 heteroatoms. The number of carboxylic acid groups (broad SMARTS) is 3. The van der Waals surface area contributed by atoms with Crippen LogP contribution in [0.2, 0.25) is 0 Å². The number of rotatable bonds is 4. The Bertz CT molecular complexity index is 1130. The van der Waals surface area contributed by atoms with Gasteiger partial charge in [0.15, 0.2) is 0 Å². The van der Waals surface area contributed by atoms with E-state index in [4.69, 9.17) is 39.2 Å². The molecule has 3 N–H and O–H groups in total. The molecule has 0 spiro atoms. The third-order valence-corrected chi connectivity index (χ3v) is 5.38. The average Bonchev–Trinajstić information content (AvgIpc) is 3.33. The Labute approximate surface area is 241 Å². The minimum atomic E-state index is -5.08. The molecular formula is C24H24F9N3O8. The number of alkyl halides is 9. The molecule has 1 aliphatic heterocycles. The van der Waals surface area contributed by atoms with E-state index in [0.29, 0.717) is 11.9 Å². The number of fused-ring (bicyclic) bond motifs is 1. The number of halogens is 9. The molecule has 0 amide bonds. The van der Waals surface area contributed by atoms with Crippen molar-refractivity contribution in [1.82, 2.24) is 14.9 Å². The van der Waals surface area contributed by atoms with E-state index in [0.717, 1.165) is 38.2 Å². The van der Waals surface area contributed by atoms with E-state index >= 15 is 0 Å². The molecule has 44 heavy (non-hydrogen) atoms. The summed E-state index contributed by atoms with van der Waals surface area (Å²) in [6, 6.07) is 12.2. The van der Waals surface area contributed by atoms with Gasteiger partial charge in [0.25, 0.3) is 0 Å². The molecule has 0 unspecified atom stereocenters. The highest BCUT2D eigenvalue weighted by molar-refractivity contribution is 5.73. The van der Waals surface area contributed by atoms with Crippen LogP contribution in [0.4, 0.5) is 39.5 Å². The van der Waals surface area contributed by atoms with E-state index in [1.807, 2.05) is 36.5 Å². The van der Waals surface area contributed by atoms with Gasteiger partial charge in [-0.05, 0) is 31.0 Å². The normalized spacial score (nSPS) is 19.8. The molecule has 3 atom stereocenters.